The van der Waals surface area contributed by atoms with Crippen molar-refractivity contribution in [3.63, 3.8) is 0 Å². The molecule has 4 aliphatic carbocycles. The van der Waals surface area contributed by atoms with Crippen LogP contribution in [0.5, 0.6) is 0 Å². The Balaban J connectivity index is 0.649. The summed E-state index contributed by atoms with van der Waals surface area (Å²) in [5, 5.41) is 257. The van der Waals surface area contributed by atoms with Crippen LogP contribution in [0.4, 0.5) is 0 Å². The van der Waals surface area contributed by atoms with E-state index in [0.29, 0.717) is 55.0 Å². The maximum Gasteiger partial charge on any atom is 0.187 e. The van der Waals surface area contributed by atoms with Crippen molar-refractivity contribution in [3.8, 4) is 0 Å². The fourth-order valence-corrected chi connectivity index (χ4v) is 22.4. The van der Waals surface area contributed by atoms with Crippen LogP contribution in [0.2, 0.25) is 0 Å². The molecule has 11 saturated heterocycles. The van der Waals surface area contributed by atoms with Crippen molar-refractivity contribution >= 4 is 0 Å². The number of rotatable bonds is 24. The molecule has 1 spiro atoms. The minimum Gasteiger partial charge on any atom is -0.394 e. The molecule has 53 atom stereocenters. The molecule has 15 aliphatic rings. The van der Waals surface area contributed by atoms with E-state index in [4.69, 9.17) is 94.7 Å². The number of aliphatic hydroxyl groups is 23. The summed E-state index contributed by atoms with van der Waals surface area (Å²) < 4.78 is 121. The number of aliphatic hydroxyl groups excluding tert-OH is 23. The van der Waals surface area contributed by atoms with Gasteiger partial charge in [0, 0.05) is 12.3 Å². The molecule has 23 N–H and O–H groups in total. The van der Waals surface area contributed by atoms with Crippen LogP contribution in [0, 0.1) is 52.3 Å². The van der Waals surface area contributed by atoms with Gasteiger partial charge in [0.15, 0.2) is 62.4 Å². The molecule has 0 unspecified atom stereocenters. The Morgan fingerprint density at radius 3 is 1.50 bits per heavy atom. The molecule has 692 valence electrons. The van der Waals surface area contributed by atoms with Gasteiger partial charge in [0.2, 0.25) is 0 Å². The monoisotopic (exact) mass is 1740 g/mol. The van der Waals surface area contributed by atoms with Crippen LogP contribution in [0.3, 0.4) is 0 Å². The van der Waals surface area contributed by atoms with E-state index in [0.717, 1.165) is 51.4 Å². The van der Waals surface area contributed by atoms with Crippen molar-refractivity contribution in [3.05, 3.63) is 0 Å². The lowest BCUT2D eigenvalue weighted by atomic mass is 9.44. The maximum atomic E-state index is 12.4. The average molecular weight is 1740 g/mol. The van der Waals surface area contributed by atoms with Crippen LogP contribution in [0.1, 0.15) is 98.8 Å². The van der Waals surface area contributed by atoms with Crippen LogP contribution in [-0.4, -0.2) is 447 Å². The van der Waals surface area contributed by atoms with Crippen LogP contribution in [-0.2, 0) is 94.7 Å². The summed E-state index contributed by atoms with van der Waals surface area (Å²) in [5.41, 5.74) is 0.142. The highest BCUT2D eigenvalue weighted by atomic mass is 16.8. The third-order valence-corrected chi connectivity index (χ3v) is 29.4. The Morgan fingerprint density at radius 2 is 0.833 bits per heavy atom. The van der Waals surface area contributed by atoms with Gasteiger partial charge in [-0.25, -0.2) is 0 Å². The molecular weight excluding hydrogens is 1610 g/mol. The lowest BCUT2D eigenvalue weighted by Gasteiger charge is -2.61. The summed E-state index contributed by atoms with van der Waals surface area (Å²) in [6.07, 6.45) is -69.0. The van der Waals surface area contributed by atoms with E-state index in [1.807, 2.05) is 0 Å². The van der Waals surface area contributed by atoms with E-state index in [-0.39, 0.29) is 29.0 Å². The highest BCUT2D eigenvalue weighted by molar-refractivity contribution is 5.16. The fourth-order valence-electron chi connectivity index (χ4n) is 22.4. The minimum absolute atomic E-state index is 0.0130. The summed E-state index contributed by atoms with van der Waals surface area (Å²) in [5.74, 6) is 2.54. The lowest BCUT2D eigenvalue weighted by Crippen LogP contribution is -2.68. The van der Waals surface area contributed by atoms with E-state index in [2.05, 4.69) is 27.7 Å². The third kappa shape index (κ3) is 17.4. The number of fused-ring (bicyclic) bond motifs is 7. The summed E-state index contributed by atoms with van der Waals surface area (Å²) in [7, 11) is 0. The SMILES string of the molecule is C[C@H]1CC[C@@]2(OC1)O[C@H]1C[C@H]3[C@@H]4CC[C@H]5C[C@@H](O[C@@H]6[C@@H](O)[C@H](OC[C@H]7O[C@@H](O[C@@H]8[C@@H](O)[C@H](O[C@H]9[C@H](O)[C@@H](CO)O[C@@H](O[C@@H]%10[C@H](O)[C@@H](O[C@@H]%11O[C@@H](C)[C@H](O)[C@@H](O)[C@H]%11O)[C@H](O)O[C@@H]%10CO)[C@@H]9O[C@@H]9OC[C@H](O)[C@H](O)[C@H]9O)OC[C@H]8O)[C@H](O)[C@@H](O[C@@H]8O[C@H](CO[C@@H]9O[C@@H](CO)[C@H](O)[C@H]9O)[C@@H](O)[C@H](O)[C@H]8O)[C@@H]7O)O[C@H]6CO)CC[C@]5(C)[C@H]4CC[C@]3(C)[C@H]1[C@@H]2C. The molecule has 43 heteroatoms. The van der Waals surface area contributed by atoms with Gasteiger partial charge in [0.1, 0.15) is 189 Å². The summed E-state index contributed by atoms with van der Waals surface area (Å²) in [4.78, 5) is 0. The zero-order valence-corrected chi connectivity index (χ0v) is 67.3. The molecule has 120 heavy (non-hydrogen) atoms. The topological polar surface area (TPSA) is 650 Å². The number of hydrogen-bond acceptors (Lipinski definition) is 43. The Bertz CT molecular complexity index is 3290. The van der Waals surface area contributed by atoms with Gasteiger partial charge in [-0.3, -0.25) is 0 Å². The van der Waals surface area contributed by atoms with Gasteiger partial charge in [-0.15, -0.1) is 0 Å². The molecule has 15 fully saturated rings. The molecule has 15 rings (SSSR count). The van der Waals surface area contributed by atoms with Gasteiger partial charge >= 0.3 is 0 Å². The third-order valence-electron chi connectivity index (χ3n) is 29.4. The first kappa shape index (κ1) is 93.0. The van der Waals surface area contributed by atoms with Gasteiger partial charge in [-0.05, 0) is 111 Å². The van der Waals surface area contributed by atoms with Crippen molar-refractivity contribution in [1.29, 1.82) is 0 Å². The Labute approximate surface area is 690 Å². The zero-order chi connectivity index (χ0) is 85.9. The van der Waals surface area contributed by atoms with Crippen molar-refractivity contribution in [2.24, 2.45) is 52.3 Å². The van der Waals surface area contributed by atoms with E-state index in [1.165, 1.54) is 6.92 Å². The van der Waals surface area contributed by atoms with Gasteiger partial charge in [-0.2, -0.15) is 0 Å². The summed E-state index contributed by atoms with van der Waals surface area (Å²) in [6, 6.07) is 0. The van der Waals surface area contributed by atoms with E-state index in [1.54, 1.807) is 0 Å². The number of hydrogen-bond donors (Lipinski definition) is 23. The maximum absolute atomic E-state index is 12.4. The highest BCUT2D eigenvalue weighted by Gasteiger charge is 2.70. The quantitative estimate of drug-likeness (QED) is 0.0427. The van der Waals surface area contributed by atoms with Gasteiger partial charge in [-0.1, -0.05) is 27.7 Å². The lowest BCUT2D eigenvalue weighted by molar-refractivity contribution is -0.408. The molecule has 0 aromatic carbocycles. The molecular formula is C77H126O43. The Hall–Kier alpha value is -1.72. The molecule has 0 aromatic heterocycles. The minimum atomic E-state index is -2.35. The summed E-state index contributed by atoms with van der Waals surface area (Å²) >= 11 is 0. The number of ether oxygens (including phenoxy) is 20. The Kier molecular flexibility index (Phi) is 29.2. The van der Waals surface area contributed by atoms with Crippen LogP contribution in [0.25, 0.3) is 0 Å². The normalized spacial score (nSPS) is 56.8. The molecule has 0 radical (unpaired) electrons. The zero-order valence-electron chi connectivity index (χ0n) is 67.3. The molecule has 11 heterocycles. The second-order valence-corrected chi connectivity index (χ2v) is 36.5. The molecule has 0 aromatic rings. The van der Waals surface area contributed by atoms with Crippen molar-refractivity contribution in [2.45, 2.75) is 369 Å². The largest absolute Gasteiger partial charge is 0.394 e. The van der Waals surface area contributed by atoms with Crippen LogP contribution < -0.4 is 0 Å². The van der Waals surface area contributed by atoms with Crippen LogP contribution in [0.15, 0.2) is 0 Å². The fraction of sp³-hybridized carbons (Fsp3) is 1.00. The van der Waals surface area contributed by atoms with E-state index >= 15 is 0 Å². The van der Waals surface area contributed by atoms with Gasteiger partial charge in [0.05, 0.1) is 77.8 Å². The van der Waals surface area contributed by atoms with E-state index < -0.39 is 311 Å². The van der Waals surface area contributed by atoms with Gasteiger partial charge < -0.3 is 212 Å². The standard InChI is InChI=1S/C77H126O43/c1-25-8-13-77(105-20-25)26(2)42-35(120-77)15-32-30-7-6-28-14-29(9-11-75(28,4)31(30)10-12-76(32,42)5)107-61-39(19-81)111-69(57(61)98)104-24-41-48(89)62(116-72-54(95)50(91)46(87)40(112-72)23-103-67-52(93)45(86)36(16-78)109-67)58(99)73(113-41)114-59-34(83)22-102-70(56(59)97)117-63-47(88)37(17-79)110-74(65(63)119-68-51(92)44(85)33(82)21-101-68)115-60-38(18-80)108-66(100)64(55(60)96)118-71-53(94)49(90)43(84)27(3)106-71/h25-74,78-100H,6-24H2,1-5H3/t25-,26-,27-,28-,29-,30+,31-,32-,33-,34+,35-,36-,37+,38+,39-,40+,41+,42-,43-,44-,45-,46+,47+,48+,49+,50-,51+,52+,53+,54+,55-,56+,57+,58+,59-,60-,61-,62-,63-,64+,65+,66+,67+,68-,69+,70-,71-,72-,73-,74-,75-,76-,77+/m0/s1. The molecule has 0 bridgehead atoms. The molecule has 4 saturated carbocycles. The van der Waals surface area contributed by atoms with Crippen molar-refractivity contribution in [2.75, 3.05) is 59.5 Å². The Morgan fingerprint density at radius 1 is 0.342 bits per heavy atom. The van der Waals surface area contributed by atoms with Crippen molar-refractivity contribution < 1.29 is 212 Å². The average Bonchev–Trinajstić information content (AvgIpc) is 1.52. The van der Waals surface area contributed by atoms with Gasteiger partial charge in [0.25, 0.3) is 0 Å². The molecule has 43 nitrogen and oxygen atoms in total. The predicted octanol–water partition coefficient (Wildman–Crippen LogP) is -10.2. The van der Waals surface area contributed by atoms with Crippen LogP contribution >= 0.6 is 0 Å². The first-order valence-corrected chi connectivity index (χ1v) is 42.4. The second-order valence-electron chi connectivity index (χ2n) is 36.5. The molecule has 0 amide bonds. The smallest absolute Gasteiger partial charge is 0.187 e. The molecule has 11 aliphatic heterocycles. The summed E-state index contributed by atoms with van der Waals surface area (Å²) in [6.45, 7) is 4.83. The second kappa shape index (κ2) is 37.6. The first-order valence-electron chi connectivity index (χ1n) is 42.4. The first-order chi connectivity index (χ1) is 57.1. The highest BCUT2D eigenvalue weighted by Crippen LogP contribution is 2.72. The van der Waals surface area contributed by atoms with E-state index in [9.17, 15) is 117 Å². The van der Waals surface area contributed by atoms with Crippen molar-refractivity contribution in [1.82, 2.24) is 0 Å². The predicted molar refractivity (Wildman–Crippen MR) is 386 cm³/mol.